The minimum Gasteiger partial charge on any atom is -0.421 e. The van der Waals surface area contributed by atoms with E-state index in [4.69, 9.17) is 4.42 Å². The van der Waals surface area contributed by atoms with E-state index < -0.39 is 11.5 Å². The van der Waals surface area contributed by atoms with Gasteiger partial charge in [-0.15, -0.1) is 22.7 Å². The predicted octanol–water partition coefficient (Wildman–Crippen LogP) is 6.06. The summed E-state index contributed by atoms with van der Waals surface area (Å²) >= 11 is 9.69. The molecule has 0 aliphatic carbocycles. The van der Waals surface area contributed by atoms with Gasteiger partial charge in [0.15, 0.2) is 10.7 Å². The fraction of sp³-hybridized carbons (Fsp3) is 0.0556. The van der Waals surface area contributed by atoms with E-state index in [0.29, 0.717) is 20.6 Å². The zero-order valence-corrected chi connectivity index (χ0v) is 18.5. The van der Waals surface area contributed by atoms with Crippen molar-refractivity contribution in [1.29, 1.82) is 0 Å². The molecule has 0 aliphatic heterocycles. The first-order valence-electron chi connectivity index (χ1n) is 7.68. The van der Waals surface area contributed by atoms with Crippen LogP contribution in [0.1, 0.15) is 15.2 Å². The molecule has 0 unspecified atom stereocenters. The number of benzene rings is 1. The number of hydrogen-bond donors (Lipinski definition) is 1. The van der Waals surface area contributed by atoms with Gasteiger partial charge in [0.25, 0.3) is 5.91 Å². The third-order valence-electron chi connectivity index (χ3n) is 3.77. The Hall–Kier alpha value is -1.81. The van der Waals surface area contributed by atoms with Crippen LogP contribution in [-0.4, -0.2) is 10.9 Å². The molecule has 1 amide bonds. The van der Waals surface area contributed by atoms with Crippen LogP contribution in [0.25, 0.3) is 21.5 Å². The Bertz CT molecular complexity index is 1230. The number of rotatable bonds is 3. The molecule has 3 heterocycles. The molecule has 4 rings (SSSR count). The van der Waals surface area contributed by atoms with Crippen LogP contribution in [0.4, 0.5) is 5.13 Å². The van der Waals surface area contributed by atoms with Gasteiger partial charge >= 0.3 is 5.63 Å². The highest BCUT2D eigenvalue weighted by Crippen LogP contribution is 2.33. The molecule has 0 fully saturated rings. The summed E-state index contributed by atoms with van der Waals surface area (Å²) < 4.78 is 6.76. The number of carbonyl (C=O) groups excluding carboxylic acids is 1. The first-order valence-corrected chi connectivity index (χ1v) is 11.0. The first-order chi connectivity index (χ1) is 12.9. The van der Waals surface area contributed by atoms with Crippen LogP contribution in [-0.2, 0) is 0 Å². The number of thiophene rings is 1. The molecule has 0 bridgehead atoms. The Morgan fingerprint density at radius 3 is 2.81 bits per heavy atom. The molecular formula is C18H10Br2N2O3S2. The molecule has 4 aromatic rings. The lowest BCUT2D eigenvalue weighted by Gasteiger charge is -2.04. The summed E-state index contributed by atoms with van der Waals surface area (Å²) in [4.78, 5) is 31.4. The SMILES string of the molecule is Cc1sc(NC(=O)c2cc3cc(Br)cc(Br)c3oc2=O)nc1-c1cccs1. The second-order valence-electron chi connectivity index (χ2n) is 5.61. The number of carbonyl (C=O) groups is 1. The molecule has 9 heteroatoms. The summed E-state index contributed by atoms with van der Waals surface area (Å²) in [6, 6.07) is 9.00. The number of hydrogen-bond acceptors (Lipinski definition) is 6. The summed E-state index contributed by atoms with van der Waals surface area (Å²) in [5, 5.41) is 5.76. The van der Waals surface area contributed by atoms with E-state index in [1.165, 1.54) is 17.4 Å². The zero-order chi connectivity index (χ0) is 19.1. The van der Waals surface area contributed by atoms with E-state index >= 15 is 0 Å². The van der Waals surface area contributed by atoms with Crippen LogP contribution >= 0.6 is 54.5 Å². The van der Waals surface area contributed by atoms with Crippen LogP contribution in [0.3, 0.4) is 0 Å². The van der Waals surface area contributed by atoms with E-state index in [2.05, 4.69) is 42.2 Å². The monoisotopic (exact) mass is 524 g/mol. The minimum atomic E-state index is -0.699. The highest BCUT2D eigenvalue weighted by Gasteiger charge is 2.18. The summed E-state index contributed by atoms with van der Waals surface area (Å²) in [7, 11) is 0. The van der Waals surface area contributed by atoms with E-state index in [-0.39, 0.29) is 5.56 Å². The molecule has 0 aliphatic rings. The maximum Gasteiger partial charge on any atom is 0.349 e. The zero-order valence-electron chi connectivity index (χ0n) is 13.7. The number of nitrogens with one attached hydrogen (secondary N) is 1. The minimum absolute atomic E-state index is 0.0713. The number of nitrogens with zero attached hydrogens (tertiary/aromatic N) is 1. The number of thiazole rings is 1. The van der Waals surface area contributed by atoms with Crippen molar-refractivity contribution in [3.05, 3.63) is 65.5 Å². The first kappa shape index (κ1) is 18.5. The number of amides is 1. The highest BCUT2D eigenvalue weighted by atomic mass is 79.9. The van der Waals surface area contributed by atoms with Crippen molar-refractivity contribution in [3.63, 3.8) is 0 Å². The molecular weight excluding hydrogens is 516 g/mol. The van der Waals surface area contributed by atoms with Crippen molar-refractivity contribution >= 4 is 76.5 Å². The van der Waals surface area contributed by atoms with Gasteiger partial charge < -0.3 is 4.42 Å². The molecule has 27 heavy (non-hydrogen) atoms. The Labute approximate surface area is 178 Å². The molecule has 5 nitrogen and oxygen atoms in total. The molecule has 136 valence electrons. The van der Waals surface area contributed by atoms with Crippen molar-refractivity contribution in [2.75, 3.05) is 5.32 Å². The fourth-order valence-electron chi connectivity index (χ4n) is 2.57. The van der Waals surface area contributed by atoms with Gasteiger partial charge in [-0.1, -0.05) is 22.0 Å². The average molecular weight is 526 g/mol. The van der Waals surface area contributed by atoms with Gasteiger partial charge in [0.05, 0.1) is 15.0 Å². The maximum atomic E-state index is 12.6. The third kappa shape index (κ3) is 3.64. The van der Waals surface area contributed by atoms with Crippen LogP contribution in [0.5, 0.6) is 0 Å². The van der Waals surface area contributed by atoms with Crippen LogP contribution < -0.4 is 10.9 Å². The van der Waals surface area contributed by atoms with Gasteiger partial charge in [-0.3, -0.25) is 10.1 Å². The van der Waals surface area contributed by atoms with Crippen molar-refractivity contribution < 1.29 is 9.21 Å². The number of aromatic nitrogens is 1. The van der Waals surface area contributed by atoms with Crippen LogP contribution in [0, 0.1) is 6.92 Å². The number of fused-ring (bicyclic) bond motifs is 1. The molecule has 1 aromatic carbocycles. The summed E-state index contributed by atoms with van der Waals surface area (Å²) in [6.45, 7) is 1.95. The molecule has 0 saturated heterocycles. The molecule has 0 spiro atoms. The van der Waals surface area contributed by atoms with Crippen molar-refractivity contribution in [1.82, 2.24) is 4.98 Å². The summed E-state index contributed by atoms with van der Waals surface area (Å²) in [5.74, 6) is -0.548. The topological polar surface area (TPSA) is 72.2 Å². The molecule has 0 radical (unpaired) electrons. The average Bonchev–Trinajstić information content (AvgIpc) is 3.24. The fourth-order valence-corrected chi connectivity index (χ4v) is 5.57. The largest absolute Gasteiger partial charge is 0.421 e. The number of halogens is 2. The lowest BCUT2D eigenvalue weighted by atomic mass is 10.2. The number of aryl methyl sites for hydroxylation is 1. The van der Waals surface area contributed by atoms with E-state index in [9.17, 15) is 9.59 Å². The second kappa shape index (κ2) is 7.31. The Morgan fingerprint density at radius 2 is 2.07 bits per heavy atom. The maximum absolute atomic E-state index is 12.6. The summed E-state index contributed by atoms with van der Waals surface area (Å²) in [6.07, 6.45) is 0. The van der Waals surface area contributed by atoms with Gasteiger partial charge in [-0.25, -0.2) is 9.78 Å². The van der Waals surface area contributed by atoms with Gasteiger partial charge in [0, 0.05) is 14.7 Å². The highest BCUT2D eigenvalue weighted by molar-refractivity contribution is 9.11. The lowest BCUT2D eigenvalue weighted by Crippen LogP contribution is -2.20. The smallest absolute Gasteiger partial charge is 0.349 e. The molecule has 3 aromatic heterocycles. The number of anilines is 1. The van der Waals surface area contributed by atoms with Crippen molar-refractivity contribution in [3.8, 4) is 10.6 Å². The molecule has 0 atom stereocenters. The predicted molar refractivity (Wildman–Crippen MR) is 116 cm³/mol. The third-order valence-corrected chi connectivity index (χ3v) is 6.58. The lowest BCUT2D eigenvalue weighted by molar-refractivity contribution is 0.102. The van der Waals surface area contributed by atoms with Crippen LogP contribution in [0.2, 0.25) is 0 Å². The Kier molecular flexibility index (Phi) is 5.02. The molecule has 1 N–H and O–H groups in total. The normalized spacial score (nSPS) is 11.1. The van der Waals surface area contributed by atoms with E-state index in [1.807, 2.05) is 24.4 Å². The van der Waals surface area contributed by atoms with Crippen LogP contribution in [0.15, 0.2) is 53.9 Å². The summed E-state index contributed by atoms with van der Waals surface area (Å²) in [5.41, 5.74) is 0.460. The van der Waals surface area contributed by atoms with E-state index in [1.54, 1.807) is 23.5 Å². The van der Waals surface area contributed by atoms with Crippen molar-refractivity contribution in [2.24, 2.45) is 0 Å². The standard InChI is InChI=1S/C18H10Br2N2O3S2/c1-8-14(13-3-2-4-26-13)21-18(27-8)22-16(23)11-6-9-5-10(19)7-12(20)15(9)25-17(11)24/h2-7H,1H3,(H,21,22,23). The quantitative estimate of drug-likeness (QED) is 0.330. The Balaban J connectivity index is 1.69. The van der Waals surface area contributed by atoms with Gasteiger partial charge in [-0.05, 0) is 52.5 Å². The van der Waals surface area contributed by atoms with Gasteiger partial charge in [0.1, 0.15) is 5.56 Å². The van der Waals surface area contributed by atoms with Gasteiger partial charge in [-0.2, -0.15) is 0 Å². The van der Waals surface area contributed by atoms with E-state index in [0.717, 1.165) is 19.9 Å². The second-order valence-corrected chi connectivity index (χ2v) is 9.53. The van der Waals surface area contributed by atoms with Crippen molar-refractivity contribution in [2.45, 2.75) is 6.92 Å². The van der Waals surface area contributed by atoms with Gasteiger partial charge in [0.2, 0.25) is 0 Å². The Morgan fingerprint density at radius 1 is 1.26 bits per heavy atom. The molecule has 0 saturated carbocycles.